The highest BCUT2D eigenvalue weighted by Crippen LogP contribution is 2.29. The number of rotatable bonds is 6. The Morgan fingerprint density at radius 2 is 1.42 bits per heavy atom. The van der Waals surface area contributed by atoms with Crippen molar-refractivity contribution >= 4 is 22.5 Å². The second kappa shape index (κ2) is 10.7. The average molecular weight is 501 g/mol. The largest absolute Gasteiger partial charge is 0.483 e. The summed E-state index contributed by atoms with van der Waals surface area (Å²) in [5, 5.41) is 11.4. The Kier molecular flexibility index (Phi) is 6.68. The molecule has 0 aliphatic carbocycles. The molecule has 0 spiro atoms. The first-order chi connectivity index (χ1) is 18.7. The van der Waals surface area contributed by atoms with Crippen LogP contribution in [-0.4, -0.2) is 53.8 Å². The van der Waals surface area contributed by atoms with Gasteiger partial charge >= 0.3 is 0 Å². The highest BCUT2D eigenvalue weighted by Gasteiger charge is 2.23. The fourth-order valence-electron chi connectivity index (χ4n) is 4.86. The normalized spacial score (nSPS) is 13.5. The first kappa shape index (κ1) is 23.7. The van der Waals surface area contributed by atoms with Gasteiger partial charge in [0, 0.05) is 37.3 Å². The van der Waals surface area contributed by atoms with Crippen molar-refractivity contribution in [2.45, 2.75) is 0 Å². The van der Waals surface area contributed by atoms with Gasteiger partial charge in [0.1, 0.15) is 5.75 Å². The number of piperazine rings is 1. The Bertz CT molecular complexity index is 1550. The van der Waals surface area contributed by atoms with Crippen LogP contribution in [0.3, 0.4) is 0 Å². The van der Waals surface area contributed by atoms with Crippen molar-refractivity contribution in [1.82, 2.24) is 15.1 Å². The number of aromatic nitrogens is 2. The van der Waals surface area contributed by atoms with Gasteiger partial charge < -0.3 is 14.5 Å². The summed E-state index contributed by atoms with van der Waals surface area (Å²) in [6.07, 6.45) is 0. The number of benzene rings is 4. The number of carbonyl (C=O) groups is 1. The maximum atomic E-state index is 12.9. The molecule has 38 heavy (non-hydrogen) atoms. The van der Waals surface area contributed by atoms with Gasteiger partial charge in [-0.15, -0.1) is 10.2 Å². The Labute approximate surface area is 222 Å². The molecule has 188 valence electrons. The Morgan fingerprint density at radius 3 is 2.21 bits per heavy atom. The van der Waals surface area contributed by atoms with Gasteiger partial charge in [-0.2, -0.15) is 0 Å². The van der Waals surface area contributed by atoms with Crippen LogP contribution < -0.4 is 9.64 Å². The SMILES string of the molecule is O=C(COc1ccccc1-c1ccccc1)N1CCN(c2ccc(-c3ccc4ccccc4c3)nn2)CC1. The van der Waals surface area contributed by atoms with E-state index < -0.39 is 0 Å². The fourth-order valence-corrected chi connectivity index (χ4v) is 4.86. The lowest BCUT2D eigenvalue weighted by atomic mass is 10.1. The lowest BCUT2D eigenvalue weighted by molar-refractivity contribution is -0.133. The van der Waals surface area contributed by atoms with Crippen LogP contribution in [0.15, 0.2) is 109 Å². The minimum Gasteiger partial charge on any atom is -0.483 e. The van der Waals surface area contributed by atoms with E-state index in [0.717, 1.165) is 28.2 Å². The van der Waals surface area contributed by atoms with Crippen molar-refractivity contribution in [2.24, 2.45) is 0 Å². The minimum atomic E-state index is -0.00903. The van der Waals surface area contributed by atoms with E-state index in [9.17, 15) is 4.79 Å². The smallest absolute Gasteiger partial charge is 0.260 e. The molecule has 0 atom stereocenters. The van der Waals surface area contributed by atoms with Gasteiger partial charge in [-0.25, -0.2) is 0 Å². The van der Waals surface area contributed by atoms with Gasteiger partial charge in [0.2, 0.25) is 0 Å². The third-order valence-corrected chi connectivity index (χ3v) is 6.98. The highest BCUT2D eigenvalue weighted by molar-refractivity contribution is 5.86. The van der Waals surface area contributed by atoms with Crippen molar-refractivity contribution in [3.05, 3.63) is 109 Å². The van der Waals surface area contributed by atoms with Crippen LogP contribution >= 0.6 is 0 Å². The molecular weight excluding hydrogens is 472 g/mol. The third kappa shape index (κ3) is 5.06. The molecule has 6 rings (SSSR count). The molecule has 4 aromatic carbocycles. The van der Waals surface area contributed by atoms with Crippen LogP contribution in [-0.2, 0) is 4.79 Å². The number of hydrogen-bond acceptors (Lipinski definition) is 5. The molecule has 2 heterocycles. The number of anilines is 1. The summed E-state index contributed by atoms with van der Waals surface area (Å²) in [6, 6.07) is 36.6. The summed E-state index contributed by atoms with van der Waals surface area (Å²) < 4.78 is 5.97. The number of ether oxygens (including phenoxy) is 1. The van der Waals surface area contributed by atoms with E-state index in [1.165, 1.54) is 10.8 Å². The number of fused-ring (bicyclic) bond motifs is 1. The topological polar surface area (TPSA) is 58.6 Å². The Balaban J connectivity index is 1.05. The van der Waals surface area contributed by atoms with E-state index in [1.807, 2.05) is 83.8 Å². The second-order valence-corrected chi connectivity index (χ2v) is 9.36. The van der Waals surface area contributed by atoms with E-state index in [1.54, 1.807) is 0 Å². The number of amides is 1. The summed E-state index contributed by atoms with van der Waals surface area (Å²) in [7, 11) is 0. The lowest BCUT2D eigenvalue weighted by Crippen LogP contribution is -2.50. The van der Waals surface area contributed by atoms with Crippen molar-refractivity contribution in [3.63, 3.8) is 0 Å². The van der Waals surface area contributed by atoms with Gasteiger partial charge in [0.05, 0.1) is 5.69 Å². The van der Waals surface area contributed by atoms with Gasteiger partial charge in [0.15, 0.2) is 12.4 Å². The molecular formula is C32H28N4O2. The van der Waals surface area contributed by atoms with Crippen LogP contribution in [0.5, 0.6) is 5.75 Å². The standard InChI is InChI=1S/C32H28N4O2/c37-32(23-38-30-13-7-6-12-28(30)25-9-2-1-3-10-25)36-20-18-35(19-21-36)31-17-16-29(33-34-31)27-15-14-24-8-4-5-11-26(24)22-27/h1-17,22H,18-21,23H2. The Morgan fingerprint density at radius 1 is 0.684 bits per heavy atom. The van der Waals surface area contributed by atoms with E-state index >= 15 is 0 Å². The molecule has 6 nitrogen and oxygen atoms in total. The van der Waals surface area contributed by atoms with Gasteiger partial charge in [-0.3, -0.25) is 4.79 Å². The first-order valence-corrected chi connectivity index (χ1v) is 12.9. The molecule has 0 saturated carbocycles. The highest BCUT2D eigenvalue weighted by atomic mass is 16.5. The summed E-state index contributed by atoms with van der Waals surface area (Å²) in [5.41, 5.74) is 3.95. The zero-order valence-corrected chi connectivity index (χ0v) is 21.0. The van der Waals surface area contributed by atoms with Gasteiger partial charge in [0.25, 0.3) is 5.91 Å². The van der Waals surface area contributed by atoms with Crippen molar-refractivity contribution < 1.29 is 9.53 Å². The molecule has 5 aromatic rings. The maximum absolute atomic E-state index is 12.9. The second-order valence-electron chi connectivity index (χ2n) is 9.36. The lowest BCUT2D eigenvalue weighted by Gasteiger charge is -2.35. The van der Waals surface area contributed by atoms with Crippen LogP contribution in [0.1, 0.15) is 0 Å². The average Bonchev–Trinajstić information content (AvgIpc) is 3.00. The van der Waals surface area contributed by atoms with Crippen molar-refractivity contribution in [1.29, 1.82) is 0 Å². The van der Waals surface area contributed by atoms with Gasteiger partial charge in [-0.1, -0.05) is 84.9 Å². The van der Waals surface area contributed by atoms with Crippen LogP contribution in [0.25, 0.3) is 33.2 Å². The third-order valence-electron chi connectivity index (χ3n) is 6.98. The molecule has 6 heteroatoms. The van der Waals surface area contributed by atoms with E-state index in [-0.39, 0.29) is 12.5 Å². The van der Waals surface area contributed by atoms with E-state index in [0.29, 0.717) is 31.9 Å². The number of hydrogen-bond donors (Lipinski definition) is 0. The molecule has 0 unspecified atom stereocenters. The summed E-state index contributed by atoms with van der Waals surface area (Å²) in [4.78, 5) is 16.9. The molecule has 1 aliphatic rings. The predicted octanol–water partition coefficient (Wildman–Crippen LogP) is 5.69. The van der Waals surface area contributed by atoms with Crippen LogP contribution in [0.2, 0.25) is 0 Å². The van der Waals surface area contributed by atoms with Crippen LogP contribution in [0.4, 0.5) is 5.82 Å². The molecule has 1 aromatic heterocycles. The fraction of sp³-hybridized carbons (Fsp3) is 0.156. The molecule has 1 fully saturated rings. The van der Waals surface area contributed by atoms with E-state index in [2.05, 4.69) is 45.4 Å². The summed E-state index contributed by atoms with van der Waals surface area (Å²) in [6.45, 7) is 2.67. The quantitative estimate of drug-likeness (QED) is 0.300. The molecule has 1 amide bonds. The van der Waals surface area contributed by atoms with Crippen molar-refractivity contribution in [2.75, 3.05) is 37.7 Å². The minimum absolute atomic E-state index is 0.00903. The van der Waals surface area contributed by atoms with E-state index in [4.69, 9.17) is 4.74 Å². The summed E-state index contributed by atoms with van der Waals surface area (Å²) >= 11 is 0. The zero-order valence-electron chi connectivity index (χ0n) is 21.0. The van der Waals surface area contributed by atoms with Crippen LogP contribution in [0, 0.1) is 0 Å². The Hall–Kier alpha value is -4.71. The molecule has 0 N–H and O–H groups in total. The summed E-state index contributed by atoms with van der Waals surface area (Å²) in [5.74, 6) is 1.53. The molecule has 1 aliphatic heterocycles. The van der Waals surface area contributed by atoms with Gasteiger partial charge in [-0.05, 0) is 40.6 Å². The predicted molar refractivity (Wildman–Crippen MR) is 151 cm³/mol. The molecule has 1 saturated heterocycles. The maximum Gasteiger partial charge on any atom is 0.260 e. The molecule has 0 radical (unpaired) electrons. The monoisotopic (exact) mass is 500 g/mol. The number of nitrogens with zero attached hydrogens (tertiary/aromatic N) is 4. The zero-order chi connectivity index (χ0) is 25.7. The molecule has 0 bridgehead atoms. The van der Waals surface area contributed by atoms with Crippen molar-refractivity contribution in [3.8, 4) is 28.1 Å². The number of para-hydroxylation sites is 1. The number of carbonyl (C=O) groups excluding carboxylic acids is 1. The first-order valence-electron chi connectivity index (χ1n) is 12.9.